The van der Waals surface area contributed by atoms with Crippen LogP contribution in [-0.2, 0) is 9.59 Å². The van der Waals surface area contributed by atoms with Gasteiger partial charge in [0.2, 0.25) is 5.91 Å². The van der Waals surface area contributed by atoms with Crippen LogP contribution in [0.25, 0.3) is 0 Å². The van der Waals surface area contributed by atoms with Crippen molar-refractivity contribution in [2.45, 2.75) is 76.8 Å². The Morgan fingerprint density at radius 2 is 1.93 bits per heavy atom. The van der Waals surface area contributed by atoms with E-state index in [9.17, 15) is 14.4 Å². The Labute approximate surface area is 162 Å². The molecule has 2 saturated heterocycles. The van der Waals surface area contributed by atoms with Crippen LogP contribution in [0, 0.1) is 5.92 Å². The lowest BCUT2D eigenvalue weighted by molar-refractivity contribution is -0.136. The smallest absolute Gasteiger partial charge is 0.325 e. The number of piperidine rings is 1. The number of urea groups is 1. The van der Waals surface area contributed by atoms with Crippen LogP contribution >= 0.6 is 0 Å². The molecule has 3 fully saturated rings. The fourth-order valence-electron chi connectivity index (χ4n) is 4.61. The quantitative estimate of drug-likeness (QED) is 0.546. The van der Waals surface area contributed by atoms with Gasteiger partial charge in [0.25, 0.3) is 5.91 Å². The molecule has 0 bridgehead atoms. The van der Waals surface area contributed by atoms with Crippen molar-refractivity contribution in [1.82, 2.24) is 20.4 Å². The average Bonchev–Trinajstić information content (AvgIpc) is 2.87. The number of amides is 4. The molecule has 3 aliphatic rings. The maximum Gasteiger partial charge on any atom is 0.325 e. The highest BCUT2D eigenvalue weighted by Gasteiger charge is 2.52. The zero-order chi connectivity index (χ0) is 19.4. The fraction of sp³-hybridized carbons (Fsp3) is 0.850. The van der Waals surface area contributed by atoms with Gasteiger partial charge in [-0.1, -0.05) is 13.3 Å². The van der Waals surface area contributed by atoms with Crippen LogP contribution in [0.5, 0.6) is 0 Å². The molecule has 3 rings (SSSR count). The Bertz CT molecular complexity index is 572. The number of imide groups is 1. The molecule has 1 atom stereocenters. The third-order valence-corrected chi connectivity index (χ3v) is 6.56. The van der Waals surface area contributed by atoms with Gasteiger partial charge in [-0.3, -0.25) is 14.5 Å². The van der Waals surface area contributed by atoms with Crippen LogP contribution in [-0.4, -0.2) is 65.4 Å². The summed E-state index contributed by atoms with van der Waals surface area (Å²) in [6, 6.07) is 0.196. The van der Waals surface area contributed by atoms with Gasteiger partial charge in [0, 0.05) is 19.1 Å². The summed E-state index contributed by atoms with van der Waals surface area (Å²) in [7, 11) is 0. The van der Waals surface area contributed by atoms with E-state index in [1.54, 1.807) is 0 Å². The predicted molar refractivity (Wildman–Crippen MR) is 103 cm³/mol. The van der Waals surface area contributed by atoms with E-state index in [2.05, 4.69) is 29.4 Å². The lowest BCUT2D eigenvalue weighted by Crippen LogP contribution is -2.50. The van der Waals surface area contributed by atoms with Crippen molar-refractivity contribution in [3.63, 3.8) is 0 Å². The van der Waals surface area contributed by atoms with Crippen LogP contribution in [0.15, 0.2) is 0 Å². The van der Waals surface area contributed by atoms with Crippen molar-refractivity contribution in [1.29, 1.82) is 0 Å². The summed E-state index contributed by atoms with van der Waals surface area (Å²) in [4.78, 5) is 40.8. The lowest BCUT2D eigenvalue weighted by atomic mass is 9.77. The van der Waals surface area contributed by atoms with Crippen molar-refractivity contribution >= 4 is 17.8 Å². The number of hydrogen-bond donors (Lipinski definition) is 2. The summed E-state index contributed by atoms with van der Waals surface area (Å²) in [5.41, 5.74) is -0.770. The number of carbonyl (C=O) groups excluding carboxylic acids is 3. The second-order valence-corrected chi connectivity index (χ2v) is 8.67. The third-order valence-electron chi connectivity index (χ3n) is 6.56. The standard InChI is InChI=1S/C20H34N4O3/c1-15-7-9-20(10-8-15)18(26)24(19(27)22-20)14-17(25)21-11-5-13-23-12-4-3-6-16(23)2/h15-16H,3-14H2,1-2H3,(H,21,25)(H,22,27). The van der Waals surface area contributed by atoms with Crippen molar-refractivity contribution in [3.8, 4) is 0 Å². The molecular formula is C20H34N4O3. The molecule has 0 aromatic rings. The monoisotopic (exact) mass is 378 g/mol. The molecule has 7 heteroatoms. The minimum absolute atomic E-state index is 0.178. The summed E-state index contributed by atoms with van der Waals surface area (Å²) in [5, 5.41) is 5.72. The van der Waals surface area contributed by atoms with Crippen molar-refractivity contribution in [2.24, 2.45) is 5.92 Å². The molecule has 7 nitrogen and oxygen atoms in total. The highest BCUT2D eigenvalue weighted by Crippen LogP contribution is 2.36. The number of rotatable bonds is 6. The first-order chi connectivity index (χ1) is 12.9. The van der Waals surface area contributed by atoms with Gasteiger partial charge in [0.15, 0.2) is 0 Å². The molecule has 2 aliphatic heterocycles. The predicted octanol–water partition coefficient (Wildman–Crippen LogP) is 1.87. The van der Waals surface area contributed by atoms with E-state index in [0.29, 0.717) is 31.3 Å². The SMILES string of the molecule is CC1CCC2(CC1)NC(=O)N(CC(=O)NCCCN1CCCCC1C)C2=O. The molecule has 1 aliphatic carbocycles. The molecule has 2 heterocycles. The Morgan fingerprint density at radius 3 is 2.63 bits per heavy atom. The summed E-state index contributed by atoms with van der Waals surface area (Å²) in [6.07, 6.45) is 7.90. The largest absolute Gasteiger partial charge is 0.354 e. The number of nitrogens with zero attached hydrogens (tertiary/aromatic N) is 2. The Kier molecular flexibility index (Phi) is 6.40. The van der Waals surface area contributed by atoms with Gasteiger partial charge in [-0.15, -0.1) is 0 Å². The molecule has 0 aromatic heterocycles. The second-order valence-electron chi connectivity index (χ2n) is 8.67. The van der Waals surface area contributed by atoms with Crippen LogP contribution in [0.3, 0.4) is 0 Å². The molecule has 27 heavy (non-hydrogen) atoms. The van der Waals surface area contributed by atoms with Gasteiger partial charge in [0.1, 0.15) is 12.1 Å². The summed E-state index contributed by atoms with van der Waals surface area (Å²) in [6.45, 7) is 6.95. The number of nitrogens with one attached hydrogen (secondary N) is 2. The number of carbonyl (C=O) groups is 3. The van der Waals surface area contributed by atoms with Gasteiger partial charge in [-0.05, 0) is 64.3 Å². The first-order valence-electron chi connectivity index (χ1n) is 10.6. The van der Waals surface area contributed by atoms with Crippen LogP contribution in [0.1, 0.15) is 65.2 Å². The molecule has 1 saturated carbocycles. The first-order valence-corrected chi connectivity index (χ1v) is 10.6. The van der Waals surface area contributed by atoms with Crippen molar-refractivity contribution in [3.05, 3.63) is 0 Å². The summed E-state index contributed by atoms with van der Waals surface area (Å²) < 4.78 is 0. The van der Waals surface area contributed by atoms with Gasteiger partial charge >= 0.3 is 6.03 Å². The van der Waals surface area contributed by atoms with Crippen molar-refractivity contribution in [2.75, 3.05) is 26.2 Å². The highest BCUT2D eigenvalue weighted by molar-refractivity contribution is 6.09. The van der Waals surface area contributed by atoms with Crippen LogP contribution < -0.4 is 10.6 Å². The van der Waals surface area contributed by atoms with Gasteiger partial charge < -0.3 is 15.5 Å². The van der Waals surface area contributed by atoms with Crippen LogP contribution in [0.2, 0.25) is 0 Å². The van der Waals surface area contributed by atoms with E-state index in [1.807, 2.05) is 0 Å². The second kappa shape index (κ2) is 8.59. The molecular weight excluding hydrogens is 344 g/mol. The minimum atomic E-state index is -0.770. The Balaban J connectivity index is 1.41. The maximum atomic E-state index is 12.8. The normalized spacial score (nSPS) is 32.0. The van der Waals surface area contributed by atoms with E-state index >= 15 is 0 Å². The van der Waals surface area contributed by atoms with Crippen LogP contribution in [0.4, 0.5) is 4.79 Å². The fourth-order valence-corrected chi connectivity index (χ4v) is 4.61. The number of hydrogen-bond acceptors (Lipinski definition) is 4. The third kappa shape index (κ3) is 4.62. The summed E-state index contributed by atoms with van der Waals surface area (Å²) in [5.74, 6) is 0.100. The minimum Gasteiger partial charge on any atom is -0.354 e. The average molecular weight is 379 g/mol. The molecule has 0 aromatic carbocycles. The Morgan fingerprint density at radius 1 is 1.19 bits per heavy atom. The molecule has 2 N–H and O–H groups in total. The van der Waals surface area contributed by atoms with E-state index in [-0.39, 0.29) is 18.4 Å². The topological polar surface area (TPSA) is 81.8 Å². The molecule has 4 amide bonds. The van der Waals surface area contributed by atoms with Gasteiger partial charge in [-0.2, -0.15) is 0 Å². The first kappa shape index (κ1) is 20.1. The summed E-state index contributed by atoms with van der Waals surface area (Å²) >= 11 is 0. The van der Waals surface area contributed by atoms with Crippen molar-refractivity contribution < 1.29 is 14.4 Å². The van der Waals surface area contributed by atoms with E-state index in [1.165, 1.54) is 19.3 Å². The van der Waals surface area contributed by atoms with E-state index < -0.39 is 11.6 Å². The number of likely N-dealkylation sites (tertiary alicyclic amines) is 1. The molecule has 0 radical (unpaired) electrons. The molecule has 1 unspecified atom stereocenters. The van der Waals surface area contributed by atoms with E-state index in [4.69, 9.17) is 0 Å². The maximum absolute atomic E-state index is 12.8. The van der Waals surface area contributed by atoms with Gasteiger partial charge in [0.05, 0.1) is 0 Å². The molecule has 152 valence electrons. The van der Waals surface area contributed by atoms with E-state index in [0.717, 1.165) is 37.3 Å². The zero-order valence-corrected chi connectivity index (χ0v) is 16.8. The zero-order valence-electron chi connectivity index (χ0n) is 16.8. The highest BCUT2D eigenvalue weighted by atomic mass is 16.2. The Hall–Kier alpha value is -1.63. The molecule has 1 spiro atoms. The lowest BCUT2D eigenvalue weighted by Gasteiger charge is -2.33. The van der Waals surface area contributed by atoms with Gasteiger partial charge in [-0.25, -0.2) is 4.79 Å².